The smallest absolute Gasteiger partial charge is 0.169 e. The summed E-state index contributed by atoms with van der Waals surface area (Å²) in [6, 6.07) is 0. The second-order valence-corrected chi connectivity index (χ2v) is 4.07. The normalized spacial score (nSPS) is 21.8. The van der Waals surface area contributed by atoms with Crippen LogP contribution in [0.3, 0.4) is 0 Å². The highest BCUT2D eigenvalue weighted by Crippen LogP contribution is 2.30. The van der Waals surface area contributed by atoms with Gasteiger partial charge in [-0.05, 0) is 38.7 Å². The number of allylic oxidation sites excluding steroid dienone is 4. The van der Waals surface area contributed by atoms with Gasteiger partial charge in [-0.3, -0.25) is 9.59 Å². The van der Waals surface area contributed by atoms with Crippen LogP contribution in [-0.2, 0) is 9.59 Å². The topological polar surface area (TPSA) is 34.1 Å². The first kappa shape index (κ1) is 11.9. The van der Waals surface area contributed by atoms with E-state index in [4.69, 9.17) is 0 Å². The summed E-state index contributed by atoms with van der Waals surface area (Å²) in [5.74, 6) is -0.357. The molecule has 0 spiro atoms. The molecule has 1 aliphatic carbocycles. The van der Waals surface area contributed by atoms with E-state index in [0.29, 0.717) is 12.8 Å². The average Bonchev–Trinajstić information content (AvgIpc) is 2.45. The van der Waals surface area contributed by atoms with Crippen molar-refractivity contribution in [3.63, 3.8) is 0 Å². The lowest BCUT2D eigenvalue weighted by molar-refractivity contribution is -0.128. The van der Waals surface area contributed by atoms with Gasteiger partial charge < -0.3 is 0 Å². The predicted molar refractivity (Wildman–Crippen MR) is 60.5 cm³/mol. The first-order chi connectivity index (χ1) is 7.07. The summed E-state index contributed by atoms with van der Waals surface area (Å²) in [6.07, 6.45) is 6.36. The molecule has 1 aliphatic rings. The molecule has 1 rings (SSSR count). The van der Waals surface area contributed by atoms with Gasteiger partial charge in [0.15, 0.2) is 5.78 Å². The Morgan fingerprint density at radius 1 is 1.47 bits per heavy atom. The molecule has 1 unspecified atom stereocenters. The highest BCUT2D eigenvalue weighted by molar-refractivity contribution is 6.12. The summed E-state index contributed by atoms with van der Waals surface area (Å²) in [5, 5.41) is 0. The van der Waals surface area contributed by atoms with Gasteiger partial charge in [-0.2, -0.15) is 0 Å². The molecule has 0 amide bonds. The van der Waals surface area contributed by atoms with Crippen LogP contribution in [0, 0.1) is 5.92 Å². The summed E-state index contributed by atoms with van der Waals surface area (Å²) in [5.41, 5.74) is 1.93. The third-order valence-corrected chi connectivity index (χ3v) is 2.85. The molecule has 0 aromatic carbocycles. The summed E-state index contributed by atoms with van der Waals surface area (Å²) in [7, 11) is 0. The Hall–Kier alpha value is -1.18. The van der Waals surface area contributed by atoms with Crippen molar-refractivity contribution in [2.45, 2.75) is 40.0 Å². The number of hydrogen-bond acceptors (Lipinski definition) is 2. The molecule has 0 saturated carbocycles. The molecule has 0 aromatic rings. The quantitative estimate of drug-likeness (QED) is 0.523. The zero-order valence-corrected chi connectivity index (χ0v) is 9.67. The van der Waals surface area contributed by atoms with Crippen LogP contribution >= 0.6 is 0 Å². The maximum Gasteiger partial charge on any atom is 0.169 e. The molecule has 0 saturated heterocycles. The SMILES string of the molecule is CCC=CCC1=C(C)CC(C(C)=O)C1=O. The van der Waals surface area contributed by atoms with Crippen molar-refractivity contribution in [1.82, 2.24) is 0 Å². The van der Waals surface area contributed by atoms with Crippen LogP contribution in [0.25, 0.3) is 0 Å². The van der Waals surface area contributed by atoms with E-state index in [1.807, 2.05) is 13.0 Å². The van der Waals surface area contributed by atoms with Crippen LogP contribution in [0.5, 0.6) is 0 Å². The van der Waals surface area contributed by atoms with Crippen molar-refractivity contribution in [3.05, 3.63) is 23.3 Å². The molecule has 2 nitrogen and oxygen atoms in total. The monoisotopic (exact) mass is 206 g/mol. The fourth-order valence-electron chi connectivity index (χ4n) is 1.91. The molecule has 0 radical (unpaired) electrons. The maximum atomic E-state index is 11.8. The minimum atomic E-state index is -0.393. The van der Waals surface area contributed by atoms with Crippen LogP contribution in [0.2, 0.25) is 0 Å². The summed E-state index contributed by atoms with van der Waals surface area (Å²) in [4.78, 5) is 23.1. The second-order valence-electron chi connectivity index (χ2n) is 4.07. The number of carbonyl (C=O) groups is 2. The average molecular weight is 206 g/mol. The molecule has 0 fully saturated rings. The summed E-state index contributed by atoms with van der Waals surface area (Å²) >= 11 is 0. The van der Waals surface area contributed by atoms with Gasteiger partial charge in [0.2, 0.25) is 0 Å². The van der Waals surface area contributed by atoms with Crippen molar-refractivity contribution in [2.24, 2.45) is 5.92 Å². The Balaban J connectivity index is 2.73. The zero-order chi connectivity index (χ0) is 11.4. The zero-order valence-electron chi connectivity index (χ0n) is 9.67. The van der Waals surface area contributed by atoms with Crippen LogP contribution < -0.4 is 0 Å². The molecule has 15 heavy (non-hydrogen) atoms. The van der Waals surface area contributed by atoms with Gasteiger partial charge in [0.25, 0.3) is 0 Å². The second kappa shape index (κ2) is 5.06. The van der Waals surface area contributed by atoms with E-state index in [-0.39, 0.29) is 11.6 Å². The van der Waals surface area contributed by atoms with Crippen molar-refractivity contribution in [2.75, 3.05) is 0 Å². The number of rotatable bonds is 4. The van der Waals surface area contributed by atoms with Crippen LogP contribution in [-0.4, -0.2) is 11.6 Å². The molecule has 1 atom stereocenters. The number of carbonyl (C=O) groups excluding carboxylic acids is 2. The van der Waals surface area contributed by atoms with Crippen molar-refractivity contribution < 1.29 is 9.59 Å². The van der Waals surface area contributed by atoms with E-state index in [9.17, 15) is 9.59 Å². The summed E-state index contributed by atoms with van der Waals surface area (Å²) in [6.45, 7) is 5.52. The lowest BCUT2D eigenvalue weighted by Gasteiger charge is -2.02. The van der Waals surface area contributed by atoms with Crippen molar-refractivity contribution >= 4 is 11.6 Å². The minimum Gasteiger partial charge on any atom is -0.299 e. The van der Waals surface area contributed by atoms with E-state index in [1.165, 1.54) is 6.92 Å². The highest BCUT2D eigenvalue weighted by atomic mass is 16.1. The van der Waals surface area contributed by atoms with Crippen LogP contribution in [0.1, 0.15) is 40.0 Å². The van der Waals surface area contributed by atoms with Gasteiger partial charge in [-0.25, -0.2) is 0 Å². The summed E-state index contributed by atoms with van der Waals surface area (Å²) < 4.78 is 0. The van der Waals surface area contributed by atoms with Gasteiger partial charge in [0.05, 0.1) is 5.92 Å². The fourth-order valence-corrected chi connectivity index (χ4v) is 1.91. The standard InChI is InChI=1S/C13H18O2/c1-4-5-6-7-11-9(2)8-12(10(3)14)13(11)15/h5-6,12H,4,7-8H2,1-3H3. The largest absolute Gasteiger partial charge is 0.299 e. The van der Waals surface area contributed by atoms with Gasteiger partial charge in [-0.15, -0.1) is 0 Å². The number of hydrogen-bond donors (Lipinski definition) is 0. The van der Waals surface area contributed by atoms with E-state index >= 15 is 0 Å². The third-order valence-electron chi connectivity index (χ3n) is 2.85. The predicted octanol–water partition coefficient (Wildman–Crippen LogP) is 2.84. The molecule has 0 aromatic heterocycles. The van der Waals surface area contributed by atoms with E-state index in [2.05, 4.69) is 13.0 Å². The molecule has 82 valence electrons. The van der Waals surface area contributed by atoms with E-state index in [1.54, 1.807) is 0 Å². The van der Waals surface area contributed by atoms with Gasteiger partial charge in [-0.1, -0.05) is 24.6 Å². The molecule has 0 heterocycles. The van der Waals surface area contributed by atoms with E-state index < -0.39 is 5.92 Å². The molecule has 0 bridgehead atoms. The van der Waals surface area contributed by atoms with Gasteiger partial charge in [0.1, 0.15) is 5.78 Å². The Labute approximate surface area is 91.1 Å². The molecule has 2 heteroatoms. The molecular weight excluding hydrogens is 188 g/mol. The first-order valence-corrected chi connectivity index (χ1v) is 5.46. The molecule has 0 aliphatic heterocycles. The van der Waals surface area contributed by atoms with Gasteiger partial charge >= 0.3 is 0 Å². The minimum absolute atomic E-state index is 0.00572. The lowest BCUT2D eigenvalue weighted by atomic mass is 9.98. The first-order valence-electron chi connectivity index (χ1n) is 5.46. The number of Topliss-reactive ketones (excluding diaryl/α,β-unsaturated/α-hetero) is 2. The van der Waals surface area contributed by atoms with E-state index in [0.717, 1.165) is 17.6 Å². The number of ketones is 2. The Bertz CT molecular complexity index is 334. The maximum absolute atomic E-state index is 11.8. The third kappa shape index (κ3) is 2.65. The fraction of sp³-hybridized carbons (Fsp3) is 0.538. The van der Waals surface area contributed by atoms with Crippen molar-refractivity contribution in [3.8, 4) is 0 Å². The molecule has 0 N–H and O–H groups in total. The van der Waals surface area contributed by atoms with Gasteiger partial charge in [0, 0.05) is 0 Å². The van der Waals surface area contributed by atoms with Crippen LogP contribution in [0.4, 0.5) is 0 Å². The lowest BCUT2D eigenvalue weighted by Crippen LogP contribution is -2.17. The highest BCUT2D eigenvalue weighted by Gasteiger charge is 2.32. The Morgan fingerprint density at radius 2 is 2.13 bits per heavy atom. The molecular formula is C13H18O2. The Kier molecular flexibility index (Phi) is 4.01. The van der Waals surface area contributed by atoms with Crippen molar-refractivity contribution in [1.29, 1.82) is 0 Å². The van der Waals surface area contributed by atoms with Crippen LogP contribution in [0.15, 0.2) is 23.3 Å². The Morgan fingerprint density at radius 3 is 2.60 bits per heavy atom.